The molecule has 0 aliphatic heterocycles. The first-order valence-electron chi connectivity index (χ1n) is 5.72. The van der Waals surface area contributed by atoms with E-state index in [-0.39, 0.29) is 17.5 Å². The summed E-state index contributed by atoms with van der Waals surface area (Å²) in [5, 5.41) is 10.8. The molecule has 0 N–H and O–H groups in total. The molecule has 1 heterocycles. The molecule has 100 valence electrons. The summed E-state index contributed by atoms with van der Waals surface area (Å²) in [6.07, 6.45) is 0. The molecular weight excluding hydrogens is 266 g/mol. The number of nitro benzene ring substituents is 1. The average molecular weight is 279 g/mol. The van der Waals surface area contributed by atoms with Crippen molar-refractivity contribution in [3.05, 3.63) is 33.1 Å². The molecule has 0 aliphatic carbocycles. The zero-order valence-electron chi connectivity index (χ0n) is 10.8. The maximum Gasteiger partial charge on any atom is 0.271 e. The van der Waals surface area contributed by atoms with E-state index in [2.05, 4.69) is 4.99 Å². The fourth-order valence-corrected chi connectivity index (χ4v) is 2.56. The second kappa shape index (κ2) is 4.93. The molecule has 6 nitrogen and oxygen atoms in total. The third-order valence-corrected chi connectivity index (χ3v) is 3.82. The van der Waals surface area contributed by atoms with E-state index in [0.717, 1.165) is 4.70 Å². The van der Waals surface area contributed by atoms with Gasteiger partial charge in [-0.25, -0.2) is 0 Å². The highest BCUT2D eigenvalue weighted by atomic mass is 32.1. The van der Waals surface area contributed by atoms with E-state index >= 15 is 0 Å². The smallest absolute Gasteiger partial charge is 0.271 e. The lowest BCUT2D eigenvalue weighted by Gasteiger charge is -1.97. The van der Waals surface area contributed by atoms with Gasteiger partial charge in [-0.3, -0.25) is 14.9 Å². The van der Waals surface area contributed by atoms with E-state index in [1.165, 1.54) is 23.5 Å². The van der Waals surface area contributed by atoms with Crippen molar-refractivity contribution in [2.24, 2.45) is 18.0 Å². The van der Waals surface area contributed by atoms with Crippen LogP contribution in [0.15, 0.2) is 23.2 Å². The SMILES string of the molecule is CC(C)C(=O)N=c1sc2ccc([N+](=O)[O-])cc2n1C. The van der Waals surface area contributed by atoms with Crippen LogP contribution in [0.25, 0.3) is 10.2 Å². The normalized spacial score (nSPS) is 12.3. The van der Waals surface area contributed by atoms with Gasteiger partial charge in [0.2, 0.25) is 0 Å². The quantitative estimate of drug-likeness (QED) is 0.624. The predicted molar refractivity (Wildman–Crippen MR) is 72.9 cm³/mol. The Morgan fingerprint density at radius 1 is 1.47 bits per heavy atom. The number of non-ortho nitro benzene ring substituents is 1. The molecule has 0 radical (unpaired) electrons. The number of amides is 1. The maximum atomic E-state index is 11.6. The topological polar surface area (TPSA) is 77.5 Å². The van der Waals surface area contributed by atoms with Crippen molar-refractivity contribution >= 4 is 33.1 Å². The standard InChI is InChI=1S/C12H13N3O3S/c1-7(2)11(16)13-12-14(3)9-6-8(15(17)18)4-5-10(9)19-12/h4-7H,1-3H3. The lowest BCUT2D eigenvalue weighted by atomic mass is 10.2. The van der Waals surface area contributed by atoms with E-state index in [0.29, 0.717) is 10.3 Å². The van der Waals surface area contributed by atoms with Crippen molar-refractivity contribution in [2.45, 2.75) is 13.8 Å². The van der Waals surface area contributed by atoms with Crippen molar-refractivity contribution in [2.75, 3.05) is 0 Å². The highest BCUT2D eigenvalue weighted by molar-refractivity contribution is 7.16. The van der Waals surface area contributed by atoms with Gasteiger partial charge in [0.1, 0.15) is 0 Å². The summed E-state index contributed by atoms with van der Waals surface area (Å²) in [5.41, 5.74) is 0.733. The molecule has 0 unspecified atom stereocenters. The number of nitrogens with zero attached hydrogens (tertiary/aromatic N) is 3. The largest absolute Gasteiger partial charge is 0.319 e. The first-order valence-corrected chi connectivity index (χ1v) is 6.54. The van der Waals surface area contributed by atoms with Gasteiger partial charge < -0.3 is 4.57 Å². The molecule has 0 atom stereocenters. The minimum atomic E-state index is -0.437. The molecule has 2 rings (SSSR count). The molecule has 1 aromatic heterocycles. The van der Waals surface area contributed by atoms with Crippen molar-refractivity contribution in [3.8, 4) is 0 Å². The Hall–Kier alpha value is -2.02. The fraction of sp³-hybridized carbons (Fsp3) is 0.333. The van der Waals surface area contributed by atoms with Crippen molar-refractivity contribution < 1.29 is 9.72 Å². The Balaban J connectivity index is 2.64. The number of rotatable bonds is 2. The molecule has 1 aromatic carbocycles. The van der Waals surface area contributed by atoms with Gasteiger partial charge in [0, 0.05) is 25.1 Å². The second-order valence-corrected chi connectivity index (χ2v) is 5.47. The molecule has 0 spiro atoms. The minimum absolute atomic E-state index is 0.0302. The molecule has 2 aromatic rings. The number of benzene rings is 1. The summed E-state index contributed by atoms with van der Waals surface area (Å²) in [5.74, 6) is -0.365. The number of aromatic nitrogens is 1. The third kappa shape index (κ3) is 2.55. The van der Waals surface area contributed by atoms with Crippen LogP contribution < -0.4 is 4.80 Å². The van der Waals surface area contributed by atoms with Gasteiger partial charge in [0.15, 0.2) is 4.80 Å². The lowest BCUT2D eigenvalue weighted by Crippen LogP contribution is -2.15. The monoisotopic (exact) mass is 279 g/mol. The number of fused-ring (bicyclic) bond motifs is 1. The Bertz CT molecular complexity index is 727. The number of aryl methyl sites for hydroxylation is 1. The van der Waals surface area contributed by atoms with Crippen LogP contribution in [0.1, 0.15) is 13.8 Å². The summed E-state index contributed by atoms with van der Waals surface area (Å²) in [6.45, 7) is 3.56. The molecular formula is C12H13N3O3S. The van der Waals surface area contributed by atoms with E-state index in [4.69, 9.17) is 0 Å². The average Bonchev–Trinajstić information content (AvgIpc) is 2.66. The zero-order valence-corrected chi connectivity index (χ0v) is 11.6. The van der Waals surface area contributed by atoms with Crippen LogP contribution >= 0.6 is 11.3 Å². The van der Waals surface area contributed by atoms with Crippen molar-refractivity contribution in [1.29, 1.82) is 0 Å². The fourth-order valence-electron chi connectivity index (χ4n) is 1.56. The van der Waals surface area contributed by atoms with Crippen LogP contribution in [0.2, 0.25) is 0 Å². The summed E-state index contributed by atoms with van der Waals surface area (Å²) in [4.78, 5) is 26.5. The Labute approximate surface area is 113 Å². The van der Waals surface area contributed by atoms with E-state index < -0.39 is 4.92 Å². The molecule has 7 heteroatoms. The third-order valence-electron chi connectivity index (χ3n) is 2.70. The molecule has 0 aliphatic rings. The summed E-state index contributed by atoms with van der Waals surface area (Å²) >= 11 is 1.34. The highest BCUT2D eigenvalue weighted by Crippen LogP contribution is 2.22. The van der Waals surface area contributed by atoms with Gasteiger partial charge >= 0.3 is 0 Å². The molecule has 0 fully saturated rings. The lowest BCUT2D eigenvalue weighted by molar-refractivity contribution is -0.384. The van der Waals surface area contributed by atoms with Gasteiger partial charge in [0.25, 0.3) is 11.6 Å². The van der Waals surface area contributed by atoms with Crippen molar-refractivity contribution in [1.82, 2.24) is 4.57 Å². The van der Waals surface area contributed by atoms with Crippen LogP contribution in [0, 0.1) is 16.0 Å². The molecule has 0 bridgehead atoms. The molecule has 0 saturated carbocycles. The molecule has 1 amide bonds. The van der Waals surface area contributed by atoms with Crippen LogP contribution in [-0.4, -0.2) is 15.4 Å². The van der Waals surface area contributed by atoms with Crippen LogP contribution in [0.3, 0.4) is 0 Å². The van der Waals surface area contributed by atoms with Gasteiger partial charge in [-0.1, -0.05) is 25.2 Å². The molecule has 0 saturated heterocycles. The zero-order chi connectivity index (χ0) is 14.2. The highest BCUT2D eigenvalue weighted by Gasteiger charge is 2.11. The van der Waals surface area contributed by atoms with Gasteiger partial charge in [-0.2, -0.15) is 4.99 Å². The Morgan fingerprint density at radius 2 is 2.16 bits per heavy atom. The van der Waals surface area contributed by atoms with Gasteiger partial charge in [-0.05, 0) is 6.07 Å². The number of thiazole rings is 1. The first kappa shape index (κ1) is 13.4. The van der Waals surface area contributed by atoms with Crippen molar-refractivity contribution in [3.63, 3.8) is 0 Å². The van der Waals surface area contributed by atoms with E-state index in [1.807, 2.05) is 0 Å². The van der Waals surface area contributed by atoms with Gasteiger partial charge in [-0.15, -0.1) is 0 Å². The Morgan fingerprint density at radius 3 is 2.74 bits per heavy atom. The number of carbonyl (C=O) groups excluding carboxylic acids is 1. The molecule has 19 heavy (non-hydrogen) atoms. The number of hydrogen-bond donors (Lipinski definition) is 0. The number of nitro groups is 1. The van der Waals surface area contributed by atoms with Gasteiger partial charge in [0.05, 0.1) is 15.1 Å². The second-order valence-electron chi connectivity index (χ2n) is 4.46. The first-order chi connectivity index (χ1) is 8.90. The number of carbonyl (C=O) groups is 1. The van der Waals surface area contributed by atoms with E-state index in [9.17, 15) is 14.9 Å². The maximum absolute atomic E-state index is 11.6. The minimum Gasteiger partial charge on any atom is -0.319 e. The summed E-state index contributed by atoms with van der Waals surface area (Å²) in [6, 6.07) is 4.62. The number of hydrogen-bond acceptors (Lipinski definition) is 4. The van der Waals surface area contributed by atoms with Crippen LogP contribution in [0.5, 0.6) is 0 Å². The van der Waals surface area contributed by atoms with E-state index in [1.54, 1.807) is 31.5 Å². The predicted octanol–water partition coefficient (Wildman–Crippen LogP) is 2.23. The van der Waals surface area contributed by atoms with Crippen LogP contribution in [0.4, 0.5) is 5.69 Å². The summed E-state index contributed by atoms with van der Waals surface area (Å²) < 4.78 is 2.57. The Kier molecular flexibility index (Phi) is 3.48. The summed E-state index contributed by atoms with van der Waals surface area (Å²) in [7, 11) is 1.75. The van der Waals surface area contributed by atoms with Crippen LogP contribution in [-0.2, 0) is 11.8 Å².